The summed E-state index contributed by atoms with van der Waals surface area (Å²) in [5.74, 6) is -0.260. The molecule has 0 bridgehead atoms. The van der Waals surface area contributed by atoms with Crippen molar-refractivity contribution < 1.29 is 28.5 Å². The number of rotatable bonds is 10. The second-order valence-corrected chi connectivity index (χ2v) is 8.81. The number of pyridine rings is 1. The minimum absolute atomic E-state index is 0.171. The summed E-state index contributed by atoms with van der Waals surface area (Å²) in [4.78, 5) is 30.4. The second-order valence-electron chi connectivity index (χ2n) is 7.97. The van der Waals surface area contributed by atoms with Gasteiger partial charge in [-0.3, -0.25) is 4.98 Å². The summed E-state index contributed by atoms with van der Waals surface area (Å²) in [5.41, 5.74) is 2.95. The van der Waals surface area contributed by atoms with Crippen molar-refractivity contribution in [1.82, 2.24) is 4.98 Å². The lowest BCUT2D eigenvalue weighted by atomic mass is 9.92. The van der Waals surface area contributed by atoms with Crippen molar-refractivity contribution >= 4 is 35.1 Å². The van der Waals surface area contributed by atoms with Gasteiger partial charge in [-0.15, -0.1) is 0 Å². The summed E-state index contributed by atoms with van der Waals surface area (Å²) in [7, 11) is 0. The Morgan fingerprint density at radius 1 is 0.784 bits per heavy atom. The number of hydrogen-bond acceptors (Lipinski definition) is 7. The van der Waals surface area contributed by atoms with Crippen LogP contribution in [0.25, 0.3) is 11.1 Å². The molecule has 3 rings (SSSR count). The van der Waals surface area contributed by atoms with E-state index in [1.807, 2.05) is 6.92 Å². The molecule has 0 fully saturated rings. The number of halogens is 2. The maximum atomic E-state index is 13.0. The molecule has 0 aliphatic carbocycles. The normalized spacial score (nSPS) is 10.7. The quantitative estimate of drug-likeness (QED) is 0.253. The first-order chi connectivity index (χ1) is 17.7. The van der Waals surface area contributed by atoms with Crippen LogP contribution in [0, 0.1) is 13.8 Å². The van der Waals surface area contributed by atoms with E-state index in [4.69, 9.17) is 42.1 Å². The fourth-order valence-corrected chi connectivity index (χ4v) is 4.35. The van der Waals surface area contributed by atoms with Gasteiger partial charge in [0.25, 0.3) is 0 Å². The molecule has 0 saturated carbocycles. The molecule has 37 heavy (non-hydrogen) atoms. The van der Waals surface area contributed by atoms with Gasteiger partial charge in [0.2, 0.25) is 0 Å². The van der Waals surface area contributed by atoms with E-state index in [0.29, 0.717) is 50.7 Å². The number of aryl methyl sites for hydroxylation is 2. The highest BCUT2D eigenvalue weighted by atomic mass is 35.5. The lowest BCUT2D eigenvalue weighted by Gasteiger charge is -2.19. The molecule has 7 nitrogen and oxygen atoms in total. The SMILES string of the molecule is CCOC(=O)c1c(C)nc(C)c(C(=O)OCC)c1-c1ccc(OCc2ccc(Cl)cc2Cl)c(OCC)c1. The van der Waals surface area contributed by atoms with Gasteiger partial charge in [0.1, 0.15) is 6.61 Å². The van der Waals surface area contributed by atoms with E-state index in [9.17, 15) is 9.59 Å². The van der Waals surface area contributed by atoms with Crippen molar-refractivity contribution in [2.45, 2.75) is 41.2 Å². The van der Waals surface area contributed by atoms with Crippen molar-refractivity contribution in [3.8, 4) is 22.6 Å². The van der Waals surface area contributed by atoms with Crippen molar-refractivity contribution in [1.29, 1.82) is 0 Å². The Labute approximate surface area is 226 Å². The number of esters is 2. The smallest absolute Gasteiger partial charge is 0.340 e. The lowest BCUT2D eigenvalue weighted by molar-refractivity contribution is 0.0525. The van der Waals surface area contributed by atoms with Crippen molar-refractivity contribution in [2.75, 3.05) is 19.8 Å². The van der Waals surface area contributed by atoms with Crippen LogP contribution in [0.3, 0.4) is 0 Å². The Morgan fingerprint density at radius 3 is 1.95 bits per heavy atom. The van der Waals surface area contributed by atoms with Gasteiger partial charge in [-0.25, -0.2) is 9.59 Å². The summed E-state index contributed by atoms with van der Waals surface area (Å²) in [6, 6.07) is 10.4. The second kappa shape index (κ2) is 12.8. The van der Waals surface area contributed by atoms with Gasteiger partial charge >= 0.3 is 11.9 Å². The molecule has 9 heteroatoms. The number of benzene rings is 2. The molecule has 0 aliphatic heterocycles. The van der Waals surface area contributed by atoms with Crippen molar-refractivity contribution in [3.63, 3.8) is 0 Å². The molecule has 0 atom stereocenters. The summed E-state index contributed by atoms with van der Waals surface area (Å²) in [6.45, 7) is 9.58. The van der Waals surface area contributed by atoms with Crippen LogP contribution in [-0.4, -0.2) is 36.7 Å². The first-order valence-corrected chi connectivity index (χ1v) is 12.7. The molecular formula is C28H29Cl2NO6. The zero-order valence-corrected chi connectivity index (χ0v) is 23.0. The predicted molar refractivity (Wildman–Crippen MR) is 143 cm³/mol. The molecule has 2 aromatic carbocycles. The number of hydrogen-bond donors (Lipinski definition) is 0. The van der Waals surface area contributed by atoms with E-state index in [1.165, 1.54) is 0 Å². The van der Waals surface area contributed by atoms with Crippen LogP contribution in [-0.2, 0) is 16.1 Å². The topological polar surface area (TPSA) is 84.0 Å². The van der Waals surface area contributed by atoms with E-state index < -0.39 is 11.9 Å². The third-order valence-corrected chi connectivity index (χ3v) is 6.04. The van der Waals surface area contributed by atoms with Gasteiger partial charge < -0.3 is 18.9 Å². The van der Waals surface area contributed by atoms with Gasteiger partial charge in [-0.1, -0.05) is 35.3 Å². The van der Waals surface area contributed by atoms with E-state index >= 15 is 0 Å². The molecule has 196 valence electrons. The van der Waals surface area contributed by atoms with Gasteiger partial charge in [0, 0.05) is 21.2 Å². The maximum Gasteiger partial charge on any atom is 0.340 e. The van der Waals surface area contributed by atoms with Crippen molar-refractivity contribution in [2.24, 2.45) is 0 Å². The summed E-state index contributed by atoms with van der Waals surface area (Å²) >= 11 is 12.3. The van der Waals surface area contributed by atoms with Gasteiger partial charge in [-0.2, -0.15) is 0 Å². The largest absolute Gasteiger partial charge is 0.490 e. The van der Waals surface area contributed by atoms with Gasteiger partial charge in [-0.05, 0) is 64.4 Å². The van der Waals surface area contributed by atoms with E-state index in [0.717, 1.165) is 5.56 Å². The third kappa shape index (κ3) is 6.53. The highest BCUT2D eigenvalue weighted by Gasteiger charge is 2.28. The average Bonchev–Trinajstić information content (AvgIpc) is 2.84. The molecule has 1 heterocycles. The highest BCUT2D eigenvalue weighted by molar-refractivity contribution is 6.35. The molecular weight excluding hydrogens is 517 g/mol. The fourth-order valence-electron chi connectivity index (χ4n) is 3.89. The molecule has 0 unspecified atom stereocenters. The zero-order valence-electron chi connectivity index (χ0n) is 21.4. The van der Waals surface area contributed by atoms with E-state index in [1.54, 1.807) is 64.1 Å². The molecule has 0 saturated heterocycles. The molecule has 0 aliphatic rings. The Morgan fingerprint density at radius 2 is 1.41 bits per heavy atom. The van der Waals surface area contributed by atoms with Crippen molar-refractivity contribution in [3.05, 3.63) is 74.5 Å². The number of carbonyl (C=O) groups excluding carboxylic acids is 2. The molecule has 0 radical (unpaired) electrons. The van der Waals surface area contributed by atoms with Crippen LogP contribution >= 0.6 is 23.2 Å². The number of nitrogens with zero attached hydrogens (tertiary/aromatic N) is 1. The Kier molecular flexibility index (Phi) is 9.78. The van der Waals surface area contributed by atoms with Crippen LogP contribution in [0.1, 0.15) is 58.4 Å². The monoisotopic (exact) mass is 545 g/mol. The summed E-state index contributed by atoms with van der Waals surface area (Å²) < 4.78 is 22.5. The van der Waals surface area contributed by atoms with Crippen LogP contribution < -0.4 is 9.47 Å². The number of aromatic nitrogens is 1. The maximum absolute atomic E-state index is 13.0. The van der Waals surface area contributed by atoms with Gasteiger partial charge in [0.15, 0.2) is 11.5 Å². The highest BCUT2D eigenvalue weighted by Crippen LogP contribution is 2.38. The first-order valence-electron chi connectivity index (χ1n) is 11.9. The Bertz CT molecular complexity index is 1270. The zero-order chi connectivity index (χ0) is 27.1. The third-order valence-electron chi connectivity index (χ3n) is 5.45. The van der Waals surface area contributed by atoms with Crippen LogP contribution in [0.2, 0.25) is 10.0 Å². The molecule has 1 aromatic heterocycles. The minimum Gasteiger partial charge on any atom is -0.490 e. The lowest BCUT2D eigenvalue weighted by Crippen LogP contribution is -2.17. The van der Waals surface area contributed by atoms with Gasteiger partial charge in [0.05, 0.1) is 42.3 Å². The fraction of sp³-hybridized carbons (Fsp3) is 0.321. The average molecular weight is 546 g/mol. The van der Waals surface area contributed by atoms with E-state index in [-0.39, 0.29) is 30.9 Å². The minimum atomic E-state index is -0.580. The standard InChI is InChI=1S/C28H29Cl2NO6/c1-6-34-23-13-18(10-12-22(23)37-15-19-9-11-20(29)14-21(19)30)26-24(27(32)35-7-2)16(4)31-17(5)25(26)28(33)36-8-3/h9-14H,6-8,15H2,1-5H3. The molecule has 0 N–H and O–H groups in total. The molecule has 3 aromatic rings. The Hall–Kier alpha value is -3.29. The number of carbonyl (C=O) groups is 2. The Balaban J connectivity index is 2.15. The first kappa shape index (κ1) is 28.3. The summed E-state index contributed by atoms with van der Waals surface area (Å²) in [6.07, 6.45) is 0. The molecule has 0 spiro atoms. The van der Waals surface area contributed by atoms with Crippen LogP contribution in [0.5, 0.6) is 11.5 Å². The predicted octanol–water partition coefficient (Wildman–Crippen LogP) is 7.00. The van der Waals surface area contributed by atoms with E-state index in [2.05, 4.69) is 4.98 Å². The number of ether oxygens (including phenoxy) is 4. The summed E-state index contributed by atoms with van der Waals surface area (Å²) in [5, 5.41) is 1.02. The van der Waals surface area contributed by atoms with Crippen LogP contribution in [0.15, 0.2) is 36.4 Å². The van der Waals surface area contributed by atoms with Crippen LogP contribution in [0.4, 0.5) is 0 Å². The molecule has 0 amide bonds.